The highest BCUT2D eigenvalue weighted by Gasteiger charge is 2.20. The molecular weight excluding hydrogens is 258 g/mol. The topological polar surface area (TPSA) is 30.5 Å². The van der Waals surface area contributed by atoms with Crippen molar-refractivity contribution in [1.29, 1.82) is 0 Å². The van der Waals surface area contributed by atoms with Crippen LogP contribution in [0.1, 0.15) is 19.8 Å². The molecule has 3 nitrogen and oxygen atoms in total. The first-order valence-corrected chi connectivity index (χ1v) is 8.05. The largest absolute Gasteiger partial charge is 0.486 e. The normalized spacial score (nSPS) is 19.2. The van der Waals surface area contributed by atoms with Crippen LogP contribution >= 0.6 is 11.8 Å². The molecule has 104 valence electrons. The fourth-order valence-corrected chi connectivity index (χ4v) is 3.02. The summed E-state index contributed by atoms with van der Waals surface area (Å²) in [6, 6.07) is 7.05. The Morgan fingerprint density at radius 1 is 1.26 bits per heavy atom. The summed E-state index contributed by atoms with van der Waals surface area (Å²) in [5, 5.41) is 3.58. The summed E-state index contributed by atoms with van der Waals surface area (Å²) >= 11 is 1.90. The van der Waals surface area contributed by atoms with Gasteiger partial charge in [0.25, 0.3) is 0 Å². The van der Waals surface area contributed by atoms with E-state index in [1.165, 1.54) is 17.7 Å². The first kappa shape index (κ1) is 13.1. The molecule has 1 aliphatic heterocycles. The number of ether oxygens (including phenoxy) is 2. The van der Waals surface area contributed by atoms with Crippen LogP contribution in [0.2, 0.25) is 0 Å². The van der Waals surface area contributed by atoms with Gasteiger partial charge in [-0.2, -0.15) is 0 Å². The number of thioether (sulfide) groups is 1. The van der Waals surface area contributed by atoms with Gasteiger partial charge in [0.05, 0.1) is 0 Å². The van der Waals surface area contributed by atoms with Crippen LogP contribution in [0.5, 0.6) is 11.5 Å². The van der Waals surface area contributed by atoms with Crippen LogP contribution in [0.4, 0.5) is 0 Å². The lowest BCUT2D eigenvalue weighted by atomic mass is 10.2. The van der Waals surface area contributed by atoms with Crippen molar-refractivity contribution in [3.8, 4) is 11.5 Å². The molecule has 1 atom stereocenters. The van der Waals surface area contributed by atoms with Gasteiger partial charge in [0.1, 0.15) is 13.2 Å². The van der Waals surface area contributed by atoms with E-state index < -0.39 is 0 Å². The average Bonchev–Trinajstić information content (AvgIpc) is 3.27. The fraction of sp³-hybridized carbons (Fsp3) is 0.600. The van der Waals surface area contributed by atoms with Gasteiger partial charge in [-0.3, -0.25) is 0 Å². The predicted molar refractivity (Wildman–Crippen MR) is 78.3 cm³/mol. The van der Waals surface area contributed by atoms with Crippen LogP contribution in [0.25, 0.3) is 0 Å². The van der Waals surface area contributed by atoms with Crippen LogP contribution in [0.15, 0.2) is 23.1 Å². The summed E-state index contributed by atoms with van der Waals surface area (Å²) in [6.45, 7) is 4.74. The number of fused-ring (bicyclic) bond motifs is 1. The zero-order chi connectivity index (χ0) is 13.1. The highest BCUT2D eigenvalue weighted by molar-refractivity contribution is 7.99. The highest BCUT2D eigenvalue weighted by Crippen LogP contribution is 2.34. The van der Waals surface area contributed by atoms with Gasteiger partial charge >= 0.3 is 0 Å². The molecule has 0 radical (unpaired) electrons. The van der Waals surface area contributed by atoms with E-state index in [-0.39, 0.29) is 0 Å². The van der Waals surface area contributed by atoms with Crippen molar-refractivity contribution < 1.29 is 9.47 Å². The van der Waals surface area contributed by atoms with Crippen LogP contribution < -0.4 is 14.8 Å². The van der Waals surface area contributed by atoms with E-state index in [9.17, 15) is 0 Å². The summed E-state index contributed by atoms with van der Waals surface area (Å²) in [5.74, 6) is 3.59. The van der Waals surface area contributed by atoms with Gasteiger partial charge in [-0.1, -0.05) is 6.92 Å². The van der Waals surface area contributed by atoms with E-state index in [0.717, 1.165) is 29.8 Å². The quantitative estimate of drug-likeness (QED) is 0.811. The minimum absolute atomic E-state index is 0.656. The minimum Gasteiger partial charge on any atom is -0.486 e. The Kier molecular flexibility index (Phi) is 4.18. The molecule has 1 unspecified atom stereocenters. The molecule has 1 aliphatic carbocycles. The number of rotatable bonds is 6. The molecule has 3 rings (SSSR count). The molecule has 0 saturated heterocycles. The SMILES string of the molecule is CC(CNC1CC1)CSc1ccc2c(c1)OCCO2. The van der Waals surface area contributed by atoms with Gasteiger partial charge in [0.15, 0.2) is 11.5 Å². The van der Waals surface area contributed by atoms with E-state index in [1.54, 1.807) is 0 Å². The van der Waals surface area contributed by atoms with Crippen molar-refractivity contribution in [2.45, 2.75) is 30.7 Å². The maximum absolute atomic E-state index is 5.61. The molecule has 1 saturated carbocycles. The van der Waals surface area contributed by atoms with Crippen LogP contribution in [-0.4, -0.2) is 31.6 Å². The summed E-state index contributed by atoms with van der Waals surface area (Å²) in [7, 11) is 0. The fourth-order valence-electron chi connectivity index (χ4n) is 2.07. The van der Waals surface area contributed by atoms with Crippen molar-refractivity contribution in [2.75, 3.05) is 25.5 Å². The zero-order valence-corrected chi connectivity index (χ0v) is 12.2. The monoisotopic (exact) mass is 279 g/mol. The summed E-state index contributed by atoms with van der Waals surface area (Å²) in [4.78, 5) is 1.27. The summed E-state index contributed by atoms with van der Waals surface area (Å²) < 4.78 is 11.1. The second kappa shape index (κ2) is 6.06. The lowest BCUT2D eigenvalue weighted by Crippen LogP contribution is -2.24. The Hall–Kier alpha value is -0.870. The lowest BCUT2D eigenvalue weighted by Gasteiger charge is -2.19. The van der Waals surface area contributed by atoms with Crippen molar-refractivity contribution in [3.63, 3.8) is 0 Å². The number of hydrogen-bond donors (Lipinski definition) is 1. The third-order valence-corrected chi connectivity index (χ3v) is 4.70. The molecular formula is C15H21NO2S. The van der Waals surface area contributed by atoms with Gasteiger partial charge < -0.3 is 14.8 Å². The second-order valence-electron chi connectivity index (χ2n) is 5.40. The zero-order valence-electron chi connectivity index (χ0n) is 11.4. The Morgan fingerprint density at radius 3 is 2.84 bits per heavy atom. The molecule has 2 aliphatic rings. The maximum atomic E-state index is 5.61. The number of nitrogens with one attached hydrogen (secondary N) is 1. The maximum Gasteiger partial charge on any atom is 0.162 e. The molecule has 1 aromatic carbocycles. The second-order valence-corrected chi connectivity index (χ2v) is 6.50. The van der Waals surface area contributed by atoms with Crippen molar-refractivity contribution in [2.24, 2.45) is 5.92 Å². The van der Waals surface area contributed by atoms with Gasteiger partial charge in [-0.05, 0) is 43.5 Å². The van der Waals surface area contributed by atoms with E-state index in [0.29, 0.717) is 19.1 Å². The van der Waals surface area contributed by atoms with Crippen molar-refractivity contribution >= 4 is 11.8 Å². The van der Waals surface area contributed by atoms with Gasteiger partial charge in [-0.25, -0.2) is 0 Å². The van der Waals surface area contributed by atoms with Crippen LogP contribution in [0.3, 0.4) is 0 Å². The molecule has 1 fully saturated rings. The van der Waals surface area contributed by atoms with E-state index in [1.807, 2.05) is 17.8 Å². The third-order valence-electron chi connectivity index (χ3n) is 3.38. The lowest BCUT2D eigenvalue weighted by molar-refractivity contribution is 0.171. The van der Waals surface area contributed by atoms with Crippen LogP contribution in [0, 0.1) is 5.92 Å². The third kappa shape index (κ3) is 3.80. The Labute approximate surface area is 119 Å². The Balaban J connectivity index is 1.48. The molecule has 1 heterocycles. The van der Waals surface area contributed by atoms with E-state index in [2.05, 4.69) is 24.4 Å². The number of hydrogen-bond acceptors (Lipinski definition) is 4. The predicted octanol–water partition coefficient (Wildman–Crippen LogP) is 2.94. The highest BCUT2D eigenvalue weighted by atomic mass is 32.2. The van der Waals surface area contributed by atoms with E-state index in [4.69, 9.17) is 9.47 Å². The van der Waals surface area contributed by atoms with Crippen molar-refractivity contribution in [3.05, 3.63) is 18.2 Å². The van der Waals surface area contributed by atoms with Gasteiger partial charge in [0, 0.05) is 16.7 Å². The average molecular weight is 279 g/mol. The summed E-state index contributed by atoms with van der Waals surface area (Å²) in [6.07, 6.45) is 2.73. The molecule has 0 amide bonds. The minimum atomic E-state index is 0.656. The molecule has 0 bridgehead atoms. The Morgan fingerprint density at radius 2 is 2.05 bits per heavy atom. The Bertz CT molecular complexity index is 434. The standard InChI is InChI=1S/C15H21NO2S/c1-11(9-16-12-2-3-12)10-19-13-4-5-14-15(8-13)18-7-6-17-14/h4-5,8,11-12,16H,2-3,6-7,9-10H2,1H3. The first-order valence-electron chi connectivity index (χ1n) is 7.07. The molecule has 1 N–H and O–H groups in total. The smallest absolute Gasteiger partial charge is 0.162 e. The first-order chi connectivity index (χ1) is 9.31. The number of benzene rings is 1. The molecule has 4 heteroatoms. The van der Waals surface area contributed by atoms with Gasteiger partial charge in [0.2, 0.25) is 0 Å². The molecule has 0 spiro atoms. The van der Waals surface area contributed by atoms with Crippen molar-refractivity contribution in [1.82, 2.24) is 5.32 Å². The molecule has 0 aromatic heterocycles. The van der Waals surface area contributed by atoms with E-state index >= 15 is 0 Å². The van der Waals surface area contributed by atoms with Crippen LogP contribution in [-0.2, 0) is 0 Å². The van der Waals surface area contributed by atoms with Gasteiger partial charge in [-0.15, -0.1) is 11.8 Å². The molecule has 1 aromatic rings. The summed E-state index contributed by atoms with van der Waals surface area (Å²) in [5.41, 5.74) is 0. The molecule has 19 heavy (non-hydrogen) atoms.